The molecule has 2 heterocycles. The van der Waals surface area contributed by atoms with Gasteiger partial charge in [0, 0.05) is 12.0 Å². The number of benzene rings is 1. The van der Waals surface area contributed by atoms with Crippen LogP contribution in [0.25, 0.3) is 11.6 Å². The Bertz CT molecular complexity index is 1270. The van der Waals surface area contributed by atoms with E-state index in [1.807, 2.05) is 13.8 Å². The molecule has 0 bridgehead atoms. The van der Waals surface area contributed by atoms with Gasteiger partial charge in [-0.1, -0.05) is 38.4 Å². The first-order valence-corrected chi connectivity index (χ1v) is 13.8. The van der Waals surface area contributed by atoms with Crippen LogP contribution < -0.4 is 14.8 Å². The first-order chi connectivity index (χ1) is 19.3. The molecule has 3 aromatic rings. The number of hydrogen-bond acceptors (Lipinski definition) is 8. The van der Waals surface area contributed by atoms with Crippen LogP contribution in [0.3, 0.4) is 0 Å². The lowest BCUT2D eigenvalue weighted by atomic mass is 9.83. The SMILES string of the molecule is CCC[C@@H](CC)Oc1cc(O[C@@H](C)[C@@H](C)CC(F)(F)CNC)nc(-c2noc(C(C)(C)c3c(F)cccc3F)n2)n1. The molecule has 0 amide bonds. The Labute approximate surface area is 238 Å². The molecule has 0 saturated carbocycles. The Morgan fingerprint density at radius 1 is 0.976 bits per heavy atom. The molecule has 2 aromatic heterocycles. The van der Waals surface area contributed by atoms with E-state index in [2.05, 4.69) is 25.4 Å². The predicted molar refractivity (Wildman–Crippen MR) is 146 cm³/mol. The van der Waals surface area contributed by atoms with E-state index in [0.717, 1.165) is 31.4 Å². The molecule has 0 aliphatic heterocycles. The number of nitrogens with one attached hydrogen (secondary N) is 1. The van der Waals surface area contributed by atoms with Gasteiger partial charge in [-0.2, -0.15) is 15.0 Å². The summed E-state index contributed by atoms with van der Waals surface area (Å²) in [7, 11) is 1.47. The normalized spacial score (nSPS) is 14.5. The van der Waals surface area contributed by atoms with Gasteiger partial charge in [-0.3, -0.25) is 0 Å². The maximum absolute atomic E-state index is 14.6. The van der Waals surface area contributed by atoms with Crippen LogP contribution in [0.5, 0.6) is 11.8 Å². The molecule has 1 N–H and O–H groups in total. The summed E-state index contributed by atoms with van der Waals surface area (Å²) in [6.07, 6.45) is 1.26. The van der Waals surface area contributed by atoms with E-state index < -0.39 is 41.5 Å². The molecule has 226 valence electrons. The third-order valence-corrected chi connectivity index (χ3v) is 6.95. The van der Waals surface area contributed by atoms with Crippen molar-refractivity contribution in [2.75, 3.05) is 13.6 Å². The van der Waals surface area contributed by atoms with Crippen molar-refractivity contribution >= 4 is 0 Å². The third-order valence-electron chi connectivity index (χ3n) is 6.95. The lowest BCUT2D eigenvalue weighted by molar-refractivity contribution is -0.0323. The molecule has 12 heteroatoms. The molecular weight excluding hydrogens is 542 g/mol. The minimum atomic E-state index is -2.91. The summed E-state index contributed by atoms with van der Waals surface area (Å²) in [5.74, 6) is -4.76. The number of rotatable bonds is 15. The van der Waals surface area contributed by atoms with Crippen LogP contribution >= 0.6 is 0 Å². The zero-order chi connectivity index (χ0) is 30.4. The topological polar surface area (TPSA) is 95.2 Å². The average molecular weight is 582 g/mol. The van der Waals surface area contributed by atoms with Gasteiger partial charge < -0.3 is 19.3 Å². The first kappa shape index (κ1) is 32.2. The van der Waals surface area contributed by atoms with Crippen LogP contribution in [0.2, 0.25) is 0 Å². The number of ether oxygens (including phenoxy) is 2. The molecular formula is C29H39F4N5O3. The molecule has 0 radical (unpaired) electrons. The largest absolute Gasteiger partial charge is 0.474 e. The monoisotopic (exact) mass is 581 g/mol. The maximum Gasteiger partial charge on any atom is 0.260 e. The van der Waals surface area contributed by atoms with E-state index in [1.54, 1.807) is 27.7 Å². The molecule has 8 nitrogen and oxygen atoms in total. The third kappa shape index (κ3) is 8.15. The number of aromatic nitrogens is 4. The second-order valence-corrected chi connectivity index (χ2v) is 10.8. The Hall–Kier alpha value is -3.28. The van der Waals surface area contributed by atoms with E-state index in [0.29, 0.717) is 0 Å². The summed E-state index contributed by atoms with van der Waals surface area (Å²) >= 11 is 0. The van der Waals surface area contributed by atoms with Gasteiger partial charge in [0.1, 0.15) is 23.8 Å². The lowest BCUT2D eigenvalue weighted by Crippen LogP contribution is -2.35. The number of alkyl halides is 2. The Balaban J connectivity index is 1.96. The number of hydrogen-bond donors (Lipinski definition) is 1. The van der Waals surface area contributed by atoms with Gasteiger partial charge in [-0.25, -0.2) is 17.6 Å². The number of nitrogens with zero attached hydrogens (tertiary/aromatic N) is 4. The Kier molecular flexibility index (Phi) is 10.7. The van der Waals surface area contributed by atoms with Gasteiger partial charge in [0.25, 0.3) is 5.92 Å². The fourth-order valence-electron chi connectivity index (χ4n) is 4.51. The van der Waals surface area contributed by atoms with Gasteiger partial charge in [0.05, 0.1) is 18.0 Å². The molecule has 0 spiro atoms. The Morgan fingerprint density at radius 2 is 1.61 bits per heavy atom. The second-order valence-electron chi connectivity index (χ2n) is 10.8. The molecule has 3 rings (SSSR count). The summed E-state index contributed by atoms with van der Waals surface area (Å²) in [6, 6.07) is 5.08. The molecule has 0 aliphatic carbocycles. The second kappa shape index (κ2) is 13.6. The van der Waals surface area contributed by atoms with Gasteiger partial charge in [-0.05, 0) is 58.7 Å². The Morgan fingerprint density at radius 3 is 2.20 bits per heavy atom. The highest BCUT2D eigenvalue weighted by Crippen LogP contribution is 2.35. The number of halogens is 4. The summed E-state index contributed by atoms with van der Waals surface area (Å²) < 4.78 is 75.1. The summed E-state index contributed by atoms with van der Waals surface area (Å²) in [4.78, 5) is 13.2. The van der Waals surface area contributed by atoms with E-state index >= 15 is 0 Å². The predicted octanol–water partition coefficient (Wildman–Crippen LogP) is 6.74. The van der Waals surface area contributed by atoms with Crippen LogP contribution in [0.1, 0.15) is 78.7 Å². The summed E-state index contributed by atoms with van der Waals surface area (Å²) in [6.45, 7) is 10.1. The van der Waals surface area contributed by atoms with Crippen molar-refractivity contribution in [2.45, 2.75) is 90.8 Å². The fourth-order valence-corrected chi connectivity index (χ4v) is 4.51. The molecule has 0 fully saturated rings. The average Bonchev–Trinajstić information content (AvgIpc) is 3.39. The lowest BCUT2D eigenvalue weighted by Gasteiger charge is -2.25. The van der Waals surface area contributed by atoms with E-state index in [1.165, 1.54) is 19.2 Å². The van der Waals surface area contributed by atoms with Crippen LogP contribution in [0, 0.1) is 17.6 Å². The van der Waals surface area contributed by atoms with Crippen molar-refractivity contribution in [2.24, 2.45) is 5.92 Å². The van der Waals surface area contributed by atoms with Crippen molar-refractivity contribution < 1.29 is 31.6 Å². The summed E-state index contributed by atoms with van der Waals surface area (Å²) in [5.41, 5.74) is -1.54. The highest BCUT2D eigenvalue weighted by molar-refractivity contribution is 5.46. The van der Waals surface area contributed by atoms with Crippen molar-refractivity contribution in [3.05, 3.63) is 47.4 Å². The highest BCUT2D eigenvalue weighted by atomic mass is 19.3. The molecule has 0 saturated heterocycles. The minimum Gasteiger partial charge on any atom is -0.474 e. The van der Waals surface area contributed by atoms with Crippen molar-refractivity contribution in [1.82, 2.24) is 25.4 Å². The standard InChI is InChI=1S/C29H39F4N5O3/c1-8-11-19(9-2)40-23-14-22(39-18(4)17(3)15-29(32,33)16-34-7)35-25(36-23)26-37-27(41-38-26)28(5,6)24-20(30)12-10-13-21(24)31/h10,12-14,17-19,34H,8-9,11,15-16H2,1-7H3/t17-,18-,19+/m0/s1. The summed E-state index contributed by atoms with van der Waals surface area (Å²) in [5, 5.41) is 6.47. The van der Waals surface area contributed by atoms with Crippen molar-refractivity contribution in [3.63, 3.8) is 0 Å². The molecule has 0 aliphatic rings. The van der Waals surface area contributed by atoms with Gasteiger partial charge in [0.15, 0.2) is 0 Å². The minimum absolute atomic E-state index is 0.0102. The van der Waals surface area contributed by atoms with Gasteiger partial charge >= 0.3 is 0 Å². The molecule has 0 unspecified atom stereocenters. The van der Waals surface area contributed by atoms with Crippen LogP contribution in [0.15, 0.2) is 28.8 Å². The first-order valence-electron chi connectivity index (χ1n) is 13.8. The molecule has 3 atom stereocenters. The zero-order valence-corrected chi connectivity index (χ0v) is 24.6. The zero-order valence-electron chi connectivity index (χ0n) is 24.6. The molecule has 1 aromatic carbocycles. The van der Waals surface area contributed by atoms with Crippen molar-refractivity contribution in [1.29, 1.82) is 0 Å². The van der Waals surface area contributed by atoms with E-state index in [9.17, 15) is 17.6 Å². The van der Waals surface area contributed by atoms with Crippen LogP contribution in [-0.4, -0.2) is 51.8 Å². The highest BCUT2D eigenvalue weighted by Gasteiger charge is 2.36. The quantitative estimate of drug-likeness (QED) is 0.197. The van der Waals surface area contributed by atoms with E-state index in [-0.39, 0.29) is 47.4 Å². The van der Waals surface area contributed by atoms with Crippen LogP contribution in [0.4, 0.5) is 17.6 Å². The maximum atomic E-state index is 14.6. The fraction of sp³-hybridized carbons (Fsp3) is 0.586. The van der Waals surface area contributed by atoms with Crippen LogP contribution in [-0.2, 0) is 5.41 Å². The smallest absolute Gasteiger partial charge is 0.260 e. The van der Waals surface area contributed by atoms with Gasteiger partial charge in [0.2, 0.25) is 29.3 Å². The van der Waals surface area contributed by atoms with Gasteiger partial charge in [-0.15, -0.1) is 0 Å². The van der Waals surface area contributed by atoms with Crippen molar-refractivity contribution in [3.8, 4) is 23.4 Å². The molecule has 41 heavy (non-hydrogen) atoms. The van der Waals surface area contributed by atoms with E-state index in [4.69, 9.17) is 14.0 Å².